The summed E-state index contributed by atoms with van der Waals surface area (Å²) in [4.78, 5) is 18.0. The molecule has 0 aromatic heterocycles. The maximum Gasteiger partial charge on any atom is 0.284 e. The molecule has 3 atom stereocenters. The maximum atomic E-state index is 13.6. The van der Waals surface area contributed by atoms with Crippen molar-refractivity contribution in [2.45, 2.75) is 25.7 Å². The van der Waals surface area contributed by atoms with Crippen molar-refractivity contribution in [1.29, 1.82) is 0 Å². The molecule has 2 fully saturated rings. The van der Waals surface area contributed by atoms with E-state index in [4.69, 9.17) is 27.9 Å². The molecular weight excluding hydrogens is 521 g/mol. The first-order valence-electron chi connectivity index (χ1n) is 13.3. The first-order chi connectivity index (χ1) is 18.4. The number of carbonyl (C=O) groups is 1. The predicted molar refractivity (Wildman–Crippen MR) is 154 cm³/mol. The largest absolute Gasteiger partial charge is 0.497 e. The topological polar surface area (TPSA) is 78.0 Å². The van der Waals surface area contributed by atoms with Crippen molar-refractivity contribution in [3.05, 3.63) is 75.2 Å². The molecule has 3 N–H and O–H groups in total. The summed E-state index contributed by atoms with van der Waals surface area (Å²) >= 11 is 12.7. The molecule has 0 spiro atoms. The Morgan fingerprint density at radius 1 is 1.21 bits per heavy atom. The van der Waals surface area contributed by atoms with Gasteiger partial charge in [0.05, 0.1) is 17.8 Å². The van der Waals surface area contributed by atoms with Crippen LogP contribution in [0.2, 0.25) is 10.0 Å². The van der Waals surface area contributed by atoms with Crippen LogP contribution in [0, 0.1) is 17.8 Å². The standard InChI is InChI=1S/C29H35Cl2N5O2/c1-32-28(29(37)35-36-16-19-4-3-5-20(19)17-36)24-15-33-14-21(12-18-6-9-23(38-2)10-7-18)27(24)34-26-11-8-22(30)13-25(26)31/h6,8-13,18-20,33-34H,3-5,7,14-17H2,1-2H3,(H,35,37). The third-order valence-corrected chi connectivity index (χ3v) is 8.44. The van der Waals surface area contributed by atoms with E-state index >= 15 is 0 Å². The summed E-state index contributed by atoms with van der Waals surface area (Å²) in [5.41, 5.74) is 6.98. The summed E-state index contributed by atoms with van der Waals surface area (Å²) in [6.45, 7) is 2.97. The molecule has 1 amide bonds. The van der Waals surface area contributed by atoms with Gasteiger partial charge in [-0.15, -0.1) is 0 Å². The van der Waals surface area contributed by atoms with Crippen molar-refractivity contribution < 1.29 is 9.53 Å². The van der Waals surface area contributed by atoms with Gasteiger partial charge in [0, 0.05) is 49.5 Å². The van der Waals surface area contributed by atoms with E-state index in [1.807, 2.05) is 12.1 Å². The van der Waals surface area contributed by atoms with Gasteiger partial charge in [-0.3, -0.25) is 15.2 Å². The van der Waals surface area contributed by atoms with E-state index in [-0.39, 0.29) is 11.8 Å². The molecule has 0 radical (unpaired) electrons. The Labute approximate surface area is 234 Å². The number of anilines is 1. The number of hydrogen-bond acceptors (Lipinski definition) is 6. The van der Waals surface area contributed by atoms with Crippen LogP contribution in [0.4, 0.5) is 5.69 Å². The number of nitrogens with zero attached hydrogens (tertiary/aromatic N) is 2. The zero-order valence-electron chi connectivity index (χ0n) is 21.9. The first kappa shape index (κ1) is 27.0. The minimum atomic E-state index is -0.183. The van der Waals surface area contributed by atoms with Crippen LogP contribution in [0.5, 0.6) is 0 Å². The van der Waals surface area contributed by atoms with Crippen molar-refractivity contribution >= 4 is 40.5 Å². The van der Waals surface area contributed by atoms with Crippen molar-refractivity contribution in [1.82, 2.24) is 15.8 Å². The number of nitrogens with one attached hydrogen (secondary N) is 3. The second kappa shape index (κ2) is 12.1. The second-order valence-corrected chi connectivity index (χ2v) is 11.2. The van der Waals surface area contributed by atoms with Gasteiger partial charge >= 0.3 is 0 Å². The predicted octanol–water partition coefficient (Wildman–Crippen LogP) is 5.13. The van der Waals surface area contributed by atoms with Crippen LogP contribution in [0.3, 0.4) is 0 Å². The lowest BCUT2D eigenvalue weighted by molar-refractivity contribution is -0.119. The van der Waals surface area contributed by atoms with Crippen LogP contribution in [0.25, 0.3) is 0 Å². The Hall–Kier alpha value is -2.58. The quantitative estimate of drug-likeness (QED) is 0.406. The molecule has 1 saturated heterocycles. The van der Waals surface area contributed by atoms with Crippen LogP contribution in [0.1, 0.15) is 25.7 Å². The molecule has 9 heteroatoms. The summed E-state index contributed by atoms with van der Waals surface area (Å²) in [6.07, 6.45) is 13.1. The zero-order valence-corrected chi connectivity index (χ0v) is 23.4. The van der Waals surface area contributed by atoms with Crippen molar-refractivity contribution in [3.8, 4) is 0 Å². The summed E-state index contributed by atoms with van der Waals surface area (Å²) in [7, 11) is 3.35. The number of amides is 1. The summed E-state index contributed by atoms with van der Waals surface area (Å²) in [5.74, 6) is 2.25. The number of methoxy groups -OCH3 is 1. The zero-order chi connectivity index (χ0) is 26.6. The third kappa shape index (κ3) is 6.01. The summed E-state index contributed by atoms with van der Waals surface area (Å²) in [6, 6.07) is 5.37. The number of ether oxygens (including phenoxy) is 1. The number of benzene rings is 1. The Morgan fingerprint density at radius 2 is 2.00 bits per heavy atom. The van der Waals surface area contributed by atoms with Gasteiger partial charge < -0.3 is 15.4 Å². The van der Waals surface area contributed by atoms with Crippen molar-refractivity contribution in [2.24, 2.45) is 22.7 Å². The number of fused-ring (bicyclic) bond motifs is 1. The van der Waals surface area contributed by atoms with Crippen LogP contribution in [-0.2, 0) is 9.53 Å². The molecule has 2 aliphatic heterocycles. The van der Waals surface area contributed by atoms with Crippen LogP contribution in [0.15, 0.2) is 70.1 Å². The van der Waals surface area contributed by atoms with E-state index in [2.05, 4.69) is 44.3 Å². The Balaban J connectivity index is 1.45. The molecule has 7 nitrogen and oxygen atoms in total. The molecule has 2 aliphatic carbocycles. The number of rotatable bonds is 7. The van der Waals surface area contributed by atoms with E-state index < -0.39 is 0 Å². The molecule has 1 saturated carbocycles. The summed E-state index contributed by atoms with van der Waals surface area (Å²) in [5, 5.41) is 10.1. The second-order valence-electron chi connectivity index (χ2n) is 10.3. The highest BCUT2D eigenvalue weighted by Gasteiger charge is 2.37. The van der Waals surface area contributed by atoms with Crippen LogP contribution < -0.4 is 16.1 Å². The van der Waals surface area contributed by atoms with Gasteiger partial charge in [0.1, 0.15) is 11.5 Å². The van der Waals surface area contributed by atoms with Gasteiger partial charge in [0.15, 0.2) is 0 Å². The van der Waals surface area contributed by atoms with E-state index in [1.54, 1.807) is 26.3 Å². The van der Waals surface area contributed by atoms with Gasteiger partial charge in [0.25, 0.3) is 5.91 Å². The maximum absolute atomic E-state index is 13.6. The first-order valence-corrected chi connectivity index (χ1v) is 14.0. The number of hydrazine groups is 1. The van der Waals surface area contributed by atoms with Gasteiger partial charge in [-0.1, -0.05) is 41.8 Å². The van der Waals surface area contributed by atoms with Gasteiger partial charge in [-0.25, -0.2) is 5.01 Å². The number of aliphatic imine (C=N–C) groups is 1. The fourth-order valence-corrected chi connectivity index (χ4v) is 6.42. The smallest absolute Gasteiger partial charge is 0.284 e. The van der Waals surface area contributed by atoms with E-state index in [9.17, 15) is 4.79 Å². The van der Waals surface area contributed by atoms with E-state index in [0.29, 0.717) is 40.7 Å². The lowest BCUT2D eigenvalue weighted by Gasteiger charge is -2.28. The molecule has 3 unspecified atom stereocenters. The molecule has 1 aromatic carbocycles. The average molecular weight is 557 g/mol. The highest BCUT2D eigenvalue weighted by atomic mass is 35.5. The van der Waals surface area contributed by atoms with Gasteiger partial charge in [-0.05, 0) is 72.9 Å². The third-order valence-electron chi connectivity index (χ3n) is 7.89. The number of halogens is 2. The molecule has 38 heavy (non-hydrogen) atoms. The minimum Gasteiger partial charge on any atom is -0.497 e. The SMILES string of the molecule is CN=C(C(=O)NN1CC2CCCC2C1)C1=C(Nc2ccc(Cl)cc2Cl)C(=CC2C=CC(OC)=CC2)CNC1. The molecule has 2 heterocycles. The van der Waals surface area contributed by atoms with Crippen LogP contribution >= 0.6 is 23.2 Å². The molecule has 202 valence electrons. The van der Waals surface area contributed by atoms with Gasteiger partial charge in [0.2, 0.25) is 0 Å². The number of hydrogen-bond donors (Lipinski definition) is 3. The monoisotopic (exact) mass is 555 g/mol. The molecule has 4 aliphatic rings. The van der Waals surface area contributed by atoms with E-state index in [0.717, 1.165) is 47.8 Å². The fraction of sp³-hybridized carbons (Fsp3) is 0.448. The highest BCUT2D eigenvalue weighted by Crippen LogP contribution is 2.37. The van der Waals surface area contributed by atoms with Crippen molar-refractivity contribution in [3.63, 3.8) is 0 Å². The Morgan fingerprint density at radius 3 is 2.66 bits per heavy atom. The summed E-state index contributed by atoms with van der Waals surface area (Å²) < 4.78 is 5.35. The molecule has 5 rings (SSSR count). The lowest BCUT2D eigenvalue weighted by atomic mass is 9.92. The minimum absolute atomic E-state index is 0.183. The van der Waals surface area contributed by atoms with Crippen LogP contribution in [-0.4, -0.2) is 57.0 Å². The number of carbonyl (C=O) groups excluding carboxylic acids is 1. The van der Waals surface area contributed by atoms with Crippen molar-refractivity contribution in [2.75, 3.05) is 45.7 Å². The van der Waals surface area contributed by atoms with E-state index in [1.165, 1.54) is 19.3 Å². The van der Waals surface area contributed by atoms with Gasteiger partial charge in [-0.2, -0.15) is 0 Å². The Kier molecular flexibility index (Phi) is 8.58. The lowest BCUT2D eigenvalue weighted by Crippen LogP contribution is -2.46. The average Bonchev–Trinajstić information content (AvgIpc) is 3.50. The normalized spacial score (nSPS) is 26.9. The Bertz CT molecular complexity index is 1220. The molecule has 0 bridgehead atoms. The molecular formula is C29H35Cl2N5O2. The highest BCUT2D eigenvalue weighted by molar-refractivity contribution is 6.45. The number of allylic oxidation sites excluding steroid dienone is 4. The fourth-order valence-electron chi connectivity index (χ4n) is 5.97. The molecule has 1 aromatic rings.